The number of phenols is 1. The molecule has 3 saturated carbocycles. The van der Waals surface area contributed by atoms with E-state index in [9.17, 15) is 29.1 Å². The van der Waals surface area contributed by atoms with Gasteiger partial charge in [0, 0.05) is 44.8 Å². The van der Waals surface area contributed by atoms with Crippen LogP contribution in [0.1, 0.15) is 170 Å². The third-order valence-corrected chi connectivity index (χ3v) is 17.9. The number of aromatic hydroxyl groups is 1. The Hall–Kier alpha value is -4.81. The molecule has 72 heavy (non-hydrogen) atoms. The van der Waals surface area contributed by atoms with E-state index < -0.39 is 47.6 Å². The number of carbonyl (C=O) groups excluding carboxylic acids is 5. The number of ether oxygens (including phenoxy) is 2. The number of benzene rings is 1. The van der Waals surface area contributed by atoms with Crippen molar-refractivity contribution in [3.8, 4) is 5.75 Å². The Labute approximate surface area is 431 Å². The summed E-state index contributed by atoms with van der Waals surface area (Å²) in [5.41, 5.74) is 2.53. The van der Waals surface area contributed by atoms with Crippen LogP contribution >= 0.6 is 0 Å². The molecule has 6 aliphatic rings. The summed E-state index contributed by atoms with van der Waals surface area (Å²) < 4.78 is 11.8. The molecule has 1 aromatic carbocycles. The van der Waals surface area contributed by atoms with Crippen LogP contribution in [-0.4, -0.2) is 94.7 Å². The van der Waals surface area contributed by atoms with Crippen LogP contribution in [0.5, 0.6) is 5.75 Å². The van der Waals surface area contributed by atoms with Gasteiger partial charge in [-0.15, -0.1) is 0 Å². The maximum absolute atomic E-state index is 14.6. The molecule has 0 aromatic heterocycles. The predicted octanol–water partition coefficient (Wildman–Crippen LogP) is 10.3. The van der Waals surface area contributed by atoms with Crippen molar-refractivity contribution in [3.05, 3.63) is 65.5 Å². The van der Waals surface area contributed by atoms with E-state index in [4.69, 9.17) is 9.47 Å². The first-order valence-corrected chi connectivity index (χ1v) is 27.8. The lowest BCUT2D eigenvalue weighted by atomic mass is 9.47. The number of likely N-dealkylation sites (tertiary alicyclic amines) is 1. The van der Waals surface area contributed by atoms with Crippen molar-refractivity contribution >= 4 is 29.8 Å². The van der Waals surface area contributed by atoms with Crippen LogP contribution in [0.4, 0.5) is 4.79 Å². The molecule has 11 atom stereocenters. The number of fused-ring (bicyclic) bond motifs is 5. The van der Waals surface area contributed by atoms with Crippen molar-refractivity contribution in [2.75, 3.05) is 20.1 Å². The number of nitrogens with zero attached hydrogens (tertiary/aromatic N) is 2. The number of esters is 1. The predicted molar refractivity (Wildman–Crippen MR) is 281 cm³/mol. The highest BCUT2D eigenvalue weighted by molar-refractivity contribution is 5.99. The highest BCUT2D eigenvalue weighted by atomic mass is 16.6. The molecular formula is C59H89N5O8. The maximum Gasteiger partial charge on any atom is 0.407 e. The van der Waals surface area contributed by atoms with Crippen molar-refractivity contribution < 1.29 is 38.6 Å². The van der Waals surface area contributed by atoms with Gasteiger partial charge in [0.2, 0.25) is 11.8 Å². The molecule has 4 fully saturated rings. The van der Waals surface area contributed by atoms with Crippen LogP contribution in [0, 0.1) is 46.3 Å². The first-order chi connectivity index (χ1) is 34.1. The molecular weight excluding hydrogens is 907 g/mol. The second-order valence-corrected chi connectivity index (χ2v) is 24.6. The quantitative estimate of drug-likeness (QED) is 0.0599. The zero-order chi connectivity index (χ0) is 52.0. The minimum atomic E-state index is -1.11. The zero-order valence-corrected chi connectivity index (χ0v) is 45.2. The van der Waals surface area contributed by atoms with Crippen LogP contribution in [0.15, 0.2) is 60.0 Å². The Bertz CT molecular complexity index is 2180. The van der Waals surface area contributed by atoms with Gasteiger partial charge in [-0.05, 0) is 174 Å². The SMILES string of the molecule is CC(C)CCC[C@@H](C)[C@H]1CC[C@H]2[C@@H]3CC=C4CC(OC(=O)[C@H](CCCCNC(=O)OC(C)(C)C)NC(=O)[C@H](Cc5ccc(O)cc5)NC(=O)[C@@H]5CCCN5C(=O)C5=CN(C)C=CC5)CC[C@]4(C)[C@H]3CC[C@]12C. The largest absolute Gasteiger partial charge is 0.508 e. The molecule has 2 heterocycles. The second-order valence-electron chi connectivity index (χ2n) is 24.6. The molecule has 4 N–H and O–H groups in total. The third-order valence-electron chi connectivity index (χ3n) is 17.9. The first-order valence-electron chi connectivity index (χ1n) is 27.8. The van der Waals surface area contributed by atoms with Crippen LogP contribution in [0.2, 0.25) is 0 Å². The fraction of sp³-hybridized carbons (Fsp3) is 0.712. The van der Waals surface area contributed by atoms with E-state index in [2.05, 4.69) is 56.6 Å². The van der Waals surface area contributed by atoms with Crippen LogP contribution in [-0.2, 0) is 35.1 Å². The summed E-state index contributed by atoms with van der Waals surface area (Å²) in [5, 5.41) is 18.8. The number of alkyl carbamates (subject to hydrolysis) is 1. The summed E-state index contributed by atoms with van der Waals surface area (Å²) in [5.74, 6) is 2.75. The number of unbranched alkanes of at least 4 members (excludes halogenated alkanes) is 1. The van der Waals surface area contributed by atoms with E-state index in [1.807, 2.05) is 24.2 Å². The lowest BCUT2D eigenvalue weighted by molar-refractivity contribution is -0.155. The number of hydrogen-bond donors (Lipinski definition) is 4. The first kappa shape index (κ1) is 55.0. The topological polar surface area (TPSA) is 167 Å². The fourth-order valence-electron chi connectivity index (χ4n) is 14.1. The summed E-state index contributed by atoms with van der Waals surface area (Å²) in [6.45, 7) is 18.5. The summed E-state index contributed by atoms with van der Waals surface area (Å²) in [4.78, 5) is 72.9. The number of rotatable bonds is 19. The van der Waals surface area contributed by atoms with Crippen molar-refractivity contribution in [2.24, 2.45) is 46.3 Å². The molecule has 1 saturated heterocycles. The normalized spacial score (nSPS) is 29.1. The Morgan fingerprint density at radius 3 is 2.36 bits per heavy atom. The van der Waals surface area contributed by atoms with Crippen molar-refractivity contribution in [1.29, 1.82) is 0 Å². The van der Waals surface area contributed by atoms with E-state index in [1.54, 1.807) is 44.0 Å². The monoisotopic (exact) mass is 996 g/mol. The number of nitrogens with one attached hydrogen (secondary N) is 3. The van der Waals surface area contributed by atoms with Gasteiger partial charge in [-0.3, -0.25) is 14.4 Å². The minimum Gasteiger partial charge on any atom is -0.508 e. The van der Waals surface area contributed by atoms with Gasteiger partial charge in [0.05, 0.1) is 0 Å². The highest BCUT2D eigenvalue weighted by Gasteiger charge is 2.59. The average Bonchev–Trinajstić information content (AvgIpc) is 3.96. The molecule has 2 aliphatic heterocycles. The van der Waals surface area contributed by atoms with Gasteiger partial charge in [0.25, 0.3) is 5.91 Å². The Morgan fingerprint density at radius 1 is 0.875 bits per heavy atom. The van der Waals surface area contributed by atoms with E-state index in [0.717, 1.165) is 42.9 Å². The summed E-state index contributed by atoms with van der Waals surface area (Å²) in [6.07, 6.45) is 22.9. The summed E-state index contributed by atoms with van der Waals surface area (Å²) >= 11 is 0. The molecule has 13 heteroatoms. The molecule has 1 aromatic rings. The summed E-state index contributed by atoms with van der Waals surface area (Å²) in [6, 6.07) is 3.55. The molecule has 398 valence electrons. The summed E-state index contributed by atoms with van der Waals surface area (Å²) in [7, 11) is 1.85. The van der Waals surface area contributed by atoms with Gasteiger partial charge in [-0.2, -0.15) is 0 Å². The molecule has 4 aliphatic carbocycles. The molecule has 7 rings (SSSR count). The van der Waals surface area contributed by atoms with Gasteiger partial charge >= 0.3 is 12.1 Å². The standard InChI is InChI=1S/C59H89N5O8/c1-38(2)15-12-16-39(3)46-26-27-47-45-25-22-42-36-44(28-30-58(42,7)48(45)29-31-59(46,47)8)71-55(69)49(18-10-11-32-60-56(70)72-57(4,5)6)61-52(66)50(35-40-20-23-43(65)24-21-40)62-53(67)51-19-14-34-64(51)54(68)41-17-13-33-63(9)37-41/h13,20-24,33,37-39,44-51,65H,10-12,14-19,25-32,34-36H2,1-9H3,(H,60,70)(H,61,66)(H,62,67)/t39-,44?,45+,46-,47+,48+,49+,50+,51+,58+,59-/m1/s1. The van der Waals surface area contributed by atoms with E-state index >= 15 is 0 Å². The van der Waals surface area contributed by atoms with Crippen LogP contribution in [0.25, 0.3) is 0 Å². The maximum atomic E-state index is 14.6. The Balaban J connectivity index is 1.04. The van der Waals surface area contributed by atoms with E-state index in [1.165, 1.54) is 62.7 Å². The number of carbonyl (C=O) groups is 5. The number of amides is 4. The minimum absolute atomic E-state index is 0.0683. The van der Waals surface area contributed by atoms with Crippen molar-refractivity contribution in [2.45, 2.75) is 201 Å². The molecule has 0 radical (unpaired) electrons. The lowest BCUT2D eigenvalue weighted by Crippen LogP contribution is -2.56. The molecule has 0 bridgehead atoms. The highest BCUT2D eigenvalue weighted by Crippen LogP contribution is 2.67. The smallest absolute Gasteiger partial charge is 0.407 e. The Kier molecular flexibility index (Phi) is 18.0. The van der Waals surface area contributed by atoms with E-state index in [-0.39, 0.29) is 36.0 Å². The zero-order valence-electron chi connectivity index (χ0n) is 45.2. The second kappa shape index (κ2) is 23.6. The molecule has 1 unspecified atom stereocenters. The van der Waals surface area contributed by atoms with Gasteiger partial charge in [-0.1, -0.05) is 83.7 Å². The van der Waals surface area contributed by atoms with Crippen LogP contribution in [0.3, 0.4) is 0 Å². The number of phenolic OH excluding ortho intramolecular Hbond substituents is 1. The third kappa shape index (κ3) is 13.3. The molecule has 4 amide bonds. The van der Waals surface area contributed by atoms with Gasteiger partial charge in [0.15, 0.2) is 0 Å². The molecule has 0 spiro atoms. The Morgan fingerprint density at radius 2 is 1.64 bits per heavy atom. The van der Waals surface area contributed by atoms with Crippen molar-refractivity contribution in [1.82, 2.24) is 25.8 Å². The number of hydrogen-bond acceptors (Lipinski definition) is 9. The van der Waals surface area contributed by atoms with Gasteiger partial charge in [-0.25, -0.2) is 9.59 Å². The molecule has 13 nitrogen and oxygen atoms in total. The average molecular weight is 996 g/mol. The van der Waals surface area contributed by atoms with Gasteiger partial charge < -0.3 is 40.3 Å². The number of allylic oxidation sites excluding steroid dienone is 2. The van der Waals surface area contributed by atoms with Crippen LogP contribution < -0.4 is 16.0 Å². The fourth-order valence-corrected chi connectivity index (χ4v) is 14.1. The van der Waals surface area contributed by atoms with E-state index in [0.29, 0.717) is 80.0 Å². The van der Waals surface area contributed by atoms with Gasteiger partial charge in [0.1, 0.15) is 35.6 Å². The lowest BCUT2D eigenvalue weighted by Gasteiger charge is -2.58. The van der Waals surface area contributed by atoms with Crippen molar-refractivity contribution in [3.63, 3.8) is 0 Å².